The van der Waals surface area contributed by atoms with E-state index in [1.165, 1.54) is 4.57 Å². The van der Waals surface area contributed by atoms with Crippen LogP contribution in [-0.2, 0) is 16.0 Å². The molecule has 4 rings (SSSR count). The fourth-order valence-electron chi connectivity index (χ4n) is 4.31. The van der Waals surface area contributed by atoms with Crippen LogP contribution in [0.4, 0.5) is 4.79 Å². The Balaban J connectivity index is 1.59. The molecule has 1 saturated heterocycles. The Morgan fingerprint density at radius 3 is 2.74 bits per heavy atom. The molecule has 3 aromatic rings. The molecule has 0 spiro atoms. The molecule has 1 aromatic carbocycles. The number of ether oxygens (including phenoxy) is 2. The Morgan fingerprint density at radius 1 is 1.31 bits per heavy atom. The van der Waals surface area contributed by atoms with Crippen molar-refractivity contribution in [2.75, 3.05) is 13.2 Å². The second-order valence-electron chi connectivity index (χ2n) is 9.93. The highest BCUT2D eigenvalue weighted by Crippen LogP contribution is 2.26. The first kappa shape index (κ1) is 25.2. The average Bonchev–Trinajstić information content (AvgIpc) is 3.21. The maximum atomic E-state index is 13.3. The van der Waals surface area contributed by atoms with Gasteiger partial charge in [-0.05, 0) is 64.1 Å². The number of carbonyl (C=O) groups is 1. The van der Waals surface area contributed by atoms with Crippen molar-refractivity contribution in [3.05, 3.63) is 63.1 Å². The number of halogens is 1. The number of nitrogens with one attached hydrogen (secondary N) is 1. The number of alkyl carbamates (subject to hydrolysis) is 1. The van der Waals surface area contributed by atoms with E-state index in [1.54, 1.807) is 10.7 Å². The molecular formula is C25H32ClN5O4. The Bertz CT molecular complexity index is 1260. The smallest absolute Gasteiger partial charge is 0.408 e. The summed E-state index contributed by atoms with van der Waals surface area (Å²) < 4.78 is 13.9. The Morgan fingerprint density at radius 2 is 2.06 bits per heavy atom. The predicted octanol–water partition coefficient (Wildman–Crippen LogP) is 4.40. The highest BCUT2D eigenvalue weighted by Gasteiger charge is 2.24. The number of fused-ring (bicyclic) bond motifs is 1. The number of aromatic nitrogens is 4. The molecule has 1 unspecified atom stereocenters. The molecule has 1 aliphatic heterocycles. The van der Waals surface area contributed by atoms with Gasteiger partial charge in [-0.25, -0.2) is 14.3 Å². The Labute approximate surface area is 209 Å². The van der Waals surface area contributed by atoms with Gasteiger partial charge in [-0.1, -0.05) is 29.8 Å². The van der Waals surface area contributed by atoms with Crippen LogP contribution in [0.15, 0.2) is 35.3 Å². The predicted molar refractivity (Wildman–Crippen MR) is 133 cm³/mol. The molecule has 1 N–H and O–H groups in total. The van der Waals surface area contributed by atoms with Gasteiger partial charge in [0.25, 0.3) is 5.56 Å². The van der Waals surface area contributed by atoms with E-state index in [2.05, 4.69) is 15.4 Å². The topological polar surface area (TPSA) is 99.8 Å². The number of imidazole rings is 1. The summed E-state index contributed by atoms with van der Waals surface area (Å²) in [6.45, 7) is 9.01. The lowest BCUT2D eigenvalue weighted by Crippen LogP contribution is -2.36. The number of benzene rings is 1. The third-order valence-corrected chi connectivity index (χ3v) is 6.28. The average molecular weight is 502 g/mol. The number of hydrogen-bond donors (Lipinski definition) is 1. The number of rotatable bonds is 6. The van der Waals surface area contributed by atoms with Crippen molar-refractivity contribution < 1.29 is 14.3 Å². The summed E-state index contributed by atoms with van der Waals surface area (Å²) in [6.07, 6.45) is 3.12. The van der Waals surface area contributed by atoms with Crippen LogP contribution in [0.5, 0.6) is 0 Å². The van der Waals surface area contributed by atoms with Crippen molar-refractivity contribution in [2.45, 2.75) is 71.1 Å². The van der Waals surface area contributed by atoms with Gasteiger partial charge in [-0.3, -0.25) is 9.36 Å². The lowest BCUT2D eigenvalue weighted by Gasteiger charge is -2.24. The summed E-state index contributed by atoms with van der Waals surface area (Å²) >= 11 is 6.49. The van der Waals surface area contributed by atoms with Gasteiger partial charge >= 0.3 is 6.09 Å². The molecule has 0 aliphatic carbocycles. The number of nitrogens with zero attached hydrogens (tertiary/aromatic N) is 4. The summed E-state index contributed by atoms with van der Waals surface area (Å²) in [4.78, 5) is 30.3. The van der Waals surface area contributed by atoms with Crippen LogP contribution in [0.25, 0.3) is 5.52 Å². The van der Waals surface area contributed by atoms with Gasteiger partial charge in [-0.15, -0.1) is 5.10 Å². The first-order chi connectivity index (χ1) is 16.6. The van der Waals surface area contributed by atoms with Crippen molar-refractivity contribution in [1.82, 2.24) is 24.5 Å². The quantitative estimate of drug-likeness (QED) is 0.537. The Kier molecular flexibility index (Phi) is 7.47. The van der Waals surface area contributed by atoms with Crippen molar-refractivity contribution in [2.24, 2.45) is 0 Å². The first-order valence-corrected chi connectivity index (χ1v) is 12.3. The van der Waals surface area contributed by atoms with E-state index in [0.29, 0.717) is 25.2 Å². The van der Waals surface area contributed by atoms with Crippen LogP contribution in [0.3, 0.4) is 0 Å². The number of hydrogen-bond acceptors (Lipinski definition) is 6. The minimum Gasteiger partial charge on any atom is -0.444 e. The van der Waals surface area contributed by atoms with Gasteiger partial charge in [0.1, 0.15) is 11.4 Å². The molecule has 1 atom stereocenters. The molecule has 35 heavy (non-hydrogen) atoms. The van der Waals surface area contributed by atoms with Crippen molar-refractivity contribution in [3.63, 3.8) is 0 Å². The third kappa shape index (κ3) is 6.02. The van der Waals surface area contributed by atoms with Gasteiger partial charge in [0, 0.05) is 25.7 Å². The summed E-state index contributed by atoms with van der Waals surface area (Å²) in [6, 6.07) is 7.49. The minimum atomic E-state index is -0.624. The van der Waals surface area contributed by atoms with E-state index < -0.39 is 11.7 Å². The number of amides is 1. The zero-order chi connectivity index (χ0) is 25.2. The van der Waals surface area contributed by atoms with E-state index in [0.717, 1.165) is 29.8 Å². The fourth-order valence-corrected chi connectivity index (χ4v) is 4.55. The van der Waals surface area contributed by atoms with E-state index in [4.69, 9.17) is 21.1 Å². The molecule has 10 heteroatoms. The van der Waals surface area contributed by atoms with Crippen LogP contribution in [0.2, 0.25) is 5.28 Å². The van der Waals surface area contributed by atoms with Crippen LogP contribution in [0, 0.1) is 6.92 Å². The van der Waals surface area contributed by atoms with E-state index in [-0.39, 0.29) is 29.3 Å². The standard InChI is InChI=1S/C25H32ClN5O4/c1-16-6-5-7-18(14-16)19(28-24(33)35-25(2,3)4)8-11-30-22(32)20-15-27-21(31(20)29-23(30)26)17-9-12-34-13-10-17/h5-7,14-15,17,19H,8-13H2,1-4H3,(H,28,33). The molecule has 3 heterocycles. The summed E-state index contributed by atoms with van der Waals surface area (Å²) in [7, 11) is 0. The highest BCUT2D eigenvalue weighted by atomic mass is 35.5. The number of carbonyl (C=O) groups excluding carboxylic acids is 1. The van der Waals surface area contributed by atoms with Gasteiger partial charge < -0.3 is 14.8 Å². The zero-order valence-electron chi connectivity index (χ0n) is 20.6. The lowest BCUT2D eigenvalue weighted by atomic mass is 10.00. The molecular weight excluding hydrogens is 470 g/mol. The fraction of sp³-hybridized carbons (Fsp3) is 0.520. The van der Waals surface area contributed by atoms with Crippen molar-refractivity contribution in [1.29, 1.82) is 0 Å². The van der Waals surface area contributed by atoms with Crippen LogP contribution in [0.1, 0.15) is 68.9 Å². The van der Waals surface area contributed by atoms with Gasteiger partial charge in [0.05, 0.1) is 12.2 Å². The molecule has 2 aromatic heterocycles. The first-order valence-electron chi connectivity index (χ1n) is 11.9. The molecule has 188 valence electrons. The van der Waals surface area contributed by atoms with E-state index in [9.17, 15) is 9.59 Å². The van der Waals surface area contributed by atoms with Gasteiger partial charge in [0.2, 0.25) is 5.28 Å². The molecule has 0 bridgehead atoms. The zero-order valence-corrected chi connectivity index (χ0v) is 21.3. The SMILES string of the molecule is Cc1cccc(C(CCn2c(Cl)nn3c(C4CCOCC4)ncc3c2=O)NC(=O)OC(C)(C)C)c1. The normalized spacial score (nSPS) is 15.8. The lowest BCUT2D eigenvalue weighted by molar-refractivity contribution is 0.0499. The molecule has 1 fully saturated rings. The molecule has 1 amide bonds. The van der Waals surface area contributed by atoms with Crippen LogP contribution in [-0.4, -0.2) is 44.1 Å². The molecule has 9 nitrogen and oxygen atoms in total. The largest absolute Gasteiger partial charge is 0.444 e. The summed E-state index contributed by atoms with van der Waals surface area (Å²) in [5.41, 5.74) is 1.47. The minimum absolute atomic E-state index is 0.0778. The van der Waals surface area contributed by atoms with Crippen molar-refractivity contribution in [3.8, 4) is 0 Å². The molecule has 0 radical (unpaired) electrons. The second-order valence-corrected chi connectivity index (χ2v) is 10.3. The van der Waals surface area contributed by atoms with E-state index >= 15 is 0 Å². The maximum absolute atomic E-state index is 13.3. The van der Waals surface area contributed by atoms with Crippen LogP contribution < -0.4 is 10.9 Å². The van der Waals surface area contributed by atoms with Gasteiger partial charge in [-0.2, -0.15) is 0 Å². The summed E-state index contributed by atoms with van der Waals surface area (Å²) in [5, 5.41) is 7.49. The Hall–Kier alpha value is -2.91. The summed E-state index contributed by atoms with van der Waals surface area (Å²) in [5.74, 6) is 0.910. The van der Waals surface area contributed by atoms with E-state index in [1.807, 2.05) is 52.0 Å². The third-order valence-electron chi connectivity index (χ3n) is 6.00. The molecule has 1 aliphatic rings. The highest BCUT2D eigenvalue weighted by molar-refractivity contribution is 6.28. The molecule has 0 saturated carbocycles. The maximum Gasteiger partial charge on any atom is 0.408 e. The number of aryl methyl sites for hydroxylation is 1. The second kappa shape index (κ2) is 10.4. The monoisotopic (exact) mass is 501 g/mol. The van der Waals surface area contributed by atoms with Gasteiger partial charge in [0.15, 0.2) is 5.52 Å². The van der Waals surface area contributed by atoms with Crippen molar-refractivity contribution >= 4 is 23.2 Å². The van der Waals surface area contributed by atoms with Crippen LogP contribution >= 0.6 is 11.6 Å².